The first kappa shape index (κ1) is 10.5. The monoisotopic (exact) mass is 227 g/mol. The Labute approximate surface area is 101 Å². The molecular formula is C14H17N3. The minimum Gasteiger partial charge on any atom is -0.221 e. The number of fused-ring (bicyclic) bond motifs is 1. The van der Waals surface area contributed by atoms with Gasteiger partial charge in [0.1, 0.15) is 12.2 Å². The molecule has 88 valence electrons. The summed E-state index contributed by atoms with van der Waals surface area (Å²) in [5, 5.41) is 4.40. The zero-order valence-corrected chi connectivity index (χ0v) is 10.6. The van der Waals surface area contributed by atoms with E-state index in [1.807, 2.05) is 11.6 Å². The summed E-state index contributed by atoms with van der Waals surface area (Å²) in [6.45, 7) is 6.44. The molecule has 0 saturated heterocycles. The van der Waals surface area contributed by atoms with Gasteiger partial charge in [0.2, 0.25) is 0 Å². The molecule has 0 saturated carbocycles. The molecule has 0 amide bonds. The lowest BCUT2D eigenvalue weighted by Gasteiger charge is -2.27. The molecule has 3 heteroatoms. The molecule has 0 atom stereocenters. The highest BCUT2D eigenvalue weighted by atomic mass is 15.3. The Bertz CT molecular complexity index is 567. The van der Waals surface area contributed by atoms with Crippen LogP contribution in [0.1, 0.15) is 42.3 Å². The molecule has 0 bridgehead atoms. The standard InChI is InChI=1S/C14H17N3/c1-9(2)11-6-7-14(13-5-4-12(11)13)17-8-15-10(3)16-17/h6-9H,4-5H2,1-3H3. The van der Waals surface area contributed by atoms with Crippen LogP contribution in [0.2, 0.25) is 0 Å². The second-order valence-electron chi connectivity index (χ2n) is 5.02. The van der Waals surface area contributed by atoms with Crippen molar-refractivity contribution in [1.29, 1.82) is 0 Å². The Morgan fingerprint density at radius 2 is 1.94 bits per heavy atom. The van der Waals surface area contributed by atoms with Gasteiger partial charge in [-0.3, -0.25) is 0 Å². The number of hydrogen-bond acceptors (Lipinski definition) is 2. The van der Waals surface area contributed by atoms with Gasteiger partial charge in [0.25, 0.3) is 0 Å². The average molecular weight is 227 g/mol. The highest BCUT2D eigenvalue weighted by Crippen LogP contribution is 2.35. The van der Waals surface area contributed by atoms with Crippen LogP contribution in [-0.4, -0.2) is 14.8 Å². The second-order valence-corrected chi connectivity index (χ2v) is 5.02. The van der Waals surface area contributed by atoms with Crippen LogP contribution >= 0.6 is 0 Å². The maximum atomic E-state index is 4.40. The number of nitrogens with zero attached hydrogens (tertiary/aromatic N) is 3. The van der Waals surface area contributed by atoms with Gasteiger partial charge in [0.05, 0.1) is 5.69 Å². The molecule has 1 aromatic heterocycles. The van der Waals surface area contributed by atoms with Gasteiger partial charge >= 0.3 is 0 Å². The van der Waals surface area contributed by atoms with E-state index < -0.39 is 0 Å². The van der Waals surface area contributed by atoms with Gasteiger partial charge in [-0.1, -0.05) is 19.9 Å². The fraction of sp³-hybridized carbons (Fsp3) is 0.429. The van der Waals surface area contributed by atoms with Crippen molar-refractivity contribution in [2.24, 2.45) is 0 Å². The van der Waals surface area contributed by atoms with E-state index in [0.29, 0.717) is 5.92 Å². The molecule has 1 aromatic carbocycles. The van der Waals surface area contributed by atoms with Crippen LogP contribution in [0.25, 0.3) is 5.69 Å². The SMILES string of the molecule is Cc1ncn(-c2ccc(C(C)C)c3c2CC3)n1. The van der Waals surface area contributed by atoms with Crippen molar-refractivity contribution in [3.63, 3.8) is 0 Å². The zero-order chi connectivity index (χ0) is 12.0. The molecule has 1 heterocycles. The highest BCUT2D eigenvalue weighted by Gasteiger charge is 2.23. The van der Waals surface area contributed by atoms with Crippen molar-refractivity contribution in [1.82, 2.24) is 14.8 Å². The molecule has 1 aliphatic rings. The molecule has 3 rings (SSSR count). The zero-order valence-electron chi connectivity index (χ0n) is 10.6. The maximum absolute atomic E-state index is 4.40. The van der Waals surface area contributed by atoms with E-state index in [1.165, 1.54) is 35.2 Å². The molecule has 0 N–H and O–H groups in total. The lowest BCUT2D eigenvalue weighted by molar-refractivity contribution is 0.741. The highest BCUT2D eigenvalue weighted by molar-refractivity contribution is 5.55. The van der Waals surface area contributed by atoms with Gasteiger partial charge in [-0.25, -0.2) is 9.67 Å². The molecule has 3 nitrogen and oxygen atoms in total. The first-order chi connectivity index (χ1) is 8.16. The van der Waals surface area contributed by atoms with Crippen molar-refractivity contribution in [3.8, 4) is 5.69 Å². The van der Waals surface area contributed by atoms with Gasteiger partial charge in [-0.05, 0) is 48.4 Å². The molecule has 0 fully saturated rings. The van der Waals surface area contributed by atoms with Crippen LogP contribution in [0.5, 0.6) is 0 Å². The van der Waals surface area contributed by atoms with Gasteiger partial charge in [-0.15, -0.1) is 0 Å². The van der Waals surface area contributed by atoms with Crippen LogP contribution in [0.3, 0.4) is 0 Å². The predicted molar refractivity (Wildman–Crippen MR) is 67.6 cm³/mol. The predicted octanol–water partition coefficient (Wildman–Crippen LogP) is 2.80. The largest absolute Gasteiger partial charge is 0.221 e. The third-order valence-corrected chi connectivity index (χ3v) is 3.54. The topological polar surface area (TPSA) is 30.7 Å². The van der Waals surface area contributed by atoms with Crippen LogP contribution in [0.4, 0.5) is 0 Å². The van der Waals surface area contributed by atoms with E-state index >= 15 is 0 Å². The summed E-state index contributed by atoms with van der Waals surface area (Å²) in [7, 11) is 0. The summed E-state index contributed by atoms with van der Waals surface area (Å²) < 4.78 is 1.90. The molecule has 0 radical (unpaired) electrons. The van der Waals surface area contributed by atoms with Crippen molar-refractivity contribution >= 4 is 0 Å². The molecular weight excluding hydrogens is 210 g/mol. The summed E-state index contributed by atoms with van der Waals surface area (Å²) >= 11 is 0. The normalized spacial score (nSPS) is 13.6. The van der Waals surface area contributed by atoms with E-state index in [0.717, 1.165) is 5.82 Å². The maximum Gasteiger partial charge on any atom is 0.147 e. The second kappa shape index (κ2) is 3.69. The molecule has 0 unspecified atom stereocenters. The fourth-order valence-electron chi connectivity index (χ4n) is 2.56. The van der Waals surface area contributed by atoms with Gasteiger partial charge in [0.15, 0.2) is 0 Å². The molecule has 0 aliphatic heterocycles. The van der Waals surface area contributed by atoms with E-state index in [4.69, 9.17) is 0 Å². The summed E-state index contributed by atoms with van der Waals surface area (Å²) in [5.74, 6) is 1.43. The fourth-order valence-corrected chi connectivity index (χ4v) is 2.56. The lowest BCUT2D eigenvalue weighted by Crippen LogP contribution is -2.17. The Balaban J connectivity index is 2.12. The first-order valence-corrected chi connectivity index (χ1v) is 6.20. The van der Waals surface area contributed by atoms with Crippen molar-refractivity contribution in [2.45, 2.75) is 39.5 Å². The third kappa shape index (κ3) is 1.57. The van der Waals surface area contributed by atoms with Crippen LogP contribution in [0.15, 0.2) is 18.5 Å². The van der Waals surface area contributed by atoms with Gasteiger partial charge in [-0.2, -0.15) is 5.10 Å². The number of rotatable bonds is 2. The summed E-state index contributed by atoms with van der Waals surface area (Å²) in [6, 6.07) is 4.43. The Kier molecular flexibility index (Phi) is 2.28. The minimum absolute atomic E-state index is 0.607. The summed E-state index contributed by atoms with van der Waals surface area (Å²) in [6.07, 6.45) is 4.19. The minimum atomic E-state index is 0.607. The average Bonchev–Trinajstić information content (AvgIpc) is 2.65. The van der Waals surface area contributed by atoms with E-state index in [-0.39, 0.29) is 0 Å². The van der Waals surface area contributed by atoms with Gasteiger partial charge in [0, 0.05) is 0 Å². The summed E-state index contributed by atoms with van der Waals surface area (Å²) in [5.41, 5.74) is 5.69. The molecule has 2 aromatic rings. The van der Waals surface area contributed by atoms with Crippen molar-refractivity contribution in [2.75, 3.05) is 0 Å². The number of hydrogen-bond donors (Lipinski definition) is 0. The molecule has 17 heavy (non-hydrogen) atoms. The number of aryl methyl sites for hydroxylation is 1. The lowest BCUT2D eigenvalue weighted by atomic mass is 9.80. The quantitative estimate of drug-likeness (QED) is 0.789. The molecule has 0 spiro atoms. The van der Waals surface area contributed by atoms with E-state index in [2.05, 4.69) is 36.1 Å². The van der Waals surface area contributed by atoms with Crippen molar-refractivity contribution < 1.29 is 0 Å². The number of aromatic nitrogens is 3. The summed E-state index contributed by atoms with van der Waals surface area (Å²) in [4.78, 5) is 4.20. The van der Waals surface area contributed by atoms with Crippen LogP contribution in [-0.2, 0) is 12.8 Å². The smallest absolute Gasteiger partial charge is 0.147 e. The number of benzene rings is 1. The Morgan fingerprint density at radius 3 is 2.47 bits per heavy atom. The molecule has 1 aliphatic carbocycles. The van der Waals surface area contributed by atoms with Crippen molar-refractivity contribution in [3.05, 3.63) is 41.0 Å². The third-order valence-electron chi connectivity index (χ3n) is 3.54. The van der Waals surface area contributed by atoms with Gasteiger partial charge < -0.3 is 0 Å². The van der Waals surface area contributed by atoms with E-state index in [1.54, 1.807) is 6.33 Å². The first-order valence-electron chi connectivity index (χ1n) is 6.20. The van der Waals surface area contributed by atoms with E-state index in [9.17, 15) is 0 Å². The van der Waals surface area contributed by atoms with Crippen LogP contribution in [0, 0.1) is 6.92 Å². The Morgan fingerprint density at radius 1 is 1.18 bits per heavy atom. The Hall–Kier alpha value is -1.64. The van der Waals surface area contributed by atoms with Crippen LogP contribution < -0.4 is 0 Å².